The highest BCUT2D eigenvalue weighted by molar-refractivity contribution is 7.10. The number of hydrogen-bond donors (Lipinski definition) is 2. The van der Waals surface area contributed by atoms with Gasteiger partial charge >= 0.3 is 0 Å². The minimum absolute atomic E-state index is 0.506. The van der Waals surface area contributed by atoms with E-state index < -0.39 is 0 Å². The van der Waals surface area contributed by atoms with Gasteiger partial charge in [0.15, 0.2) is 0 Å². The van der Waals surface area contributed by atoms with Crippen molar-refractivity contribution >= 4 is 45.8 Å². The van der Waals surface area contributed by atoms with Crippen LogP contribution in [-0.4, -0.2) is 15.0 Å². The molecule has 6 heteroatoms. The number of thiazole rings is 1. The Balaban J connectivity index is 1.77. The van der Waals surface area contributed by atoms with Gasteiger partial charge in [-0.15, -0.1) is 11.3 Å². The zero-order valence-corrected chi connectivity index (χ0v) is 15.8. The maximum absolute atomic E-state index is 9.56. The van der Waals surface area contributed by atoms with Gasteiger partial charge in [0, 0.05) is 45.6 Å². The number of benzene rings is 1. The van der Waals surface area contributed by atoms with Crippen molar-refractivity contribution in [1.82, 2.24) is 15.0 Å². The summed E-state index contributed by atoms with van der Waals surface area (Å²) in [6.07, 6.45) is 9.27. The summed E-state index contributed by atoms with van der Waals surface area (Å²) in [5.41, 5.74) is 8.12. The lowest BCUT2D eigenvalue weighted by Crippen LogP contribution is -1.99. The molecule has 2 N–H and O–H groups in total. The van der Waals surface area contributed by atoms with E-state index in [1.54, 1.807) is 23.7 Å². The van der Waals surface area contributed by atoms with E-state index in [0.717, 1.165) is 44.0 Å². The van der Waals surface area contributed by atoms with Crippen LogP contribution in [0.3, 0.4) is 0 Å². The van der Waals surface area contributed by atoms with E-state index in [2.05, 4.69) is 39.3 Å². The quantitative estimate of drug-likeness (QED) is 0.502. The molecule has 0 fully saturated rings. The molecule has 0 aliphatic carbocycles. The van der Waals surface area contributed by atoms with Gasteiger partial charge in [-0.2, -0.15) is 5.26 Å². The molecular formula is C21H17N5S. The molecule has 132 valence electrons. The highest BCUT2D eigenvalue weighted by Gasteiger charge is 2.11. The molecule has 3 heterocycles. The molecule has 0 saturated heterocycles. The van der Waals surface area contributed by atoms with Gasteiger partial charge in [0.2, 0.25) is 0 Å². The van der Waals surface area contributed by atoms with Crippen molar-refractivity contribution in [3.8, 4) is 6.07 Å². The summed E-state index contributed by atoms with van der Waals surface area (Å²) < 4.78 is 0. The van der Waals surface area contributed by atoms with Crippen molar-refractivity contribution in [3.63, 3.8) is 0 Å². The van der Waals surface area contributed by atoms with Crippen LogP contribution in [0.15, 0.2) is 42.3 Å². The van der Waals surface area contributed by atoms with E-state index in [9.17, 15) is 5.26 Å². The maximum atomic E-state index is 9.56. The van der Waals surface area contributed by atoms with Crippen LogP contribution >= 0.6 is 11.3 Å². The number of aromatic amines is 1. The van der Waals surface area contributed by atoms with Crippen LogP contribution in [0.2, 0.25) is 0 Å². The second-order valence-corrected chi connectivity index (χ2v) is 7.09. The van der Waals surface area contributed by atoms with E-state index >= 15 is 0 Å². The Morgan fingerprint density at radius 2 is 2.07 bits per heavy atom. The third-order valence-corrected chi connectivity index (χ3v) is 5.45. The zero-order valence-electron chi connectivity index (χ0n) is 14.9. The first-order valence-electron chi connectivity index (χ1n) is 8.47. The molecule has 0 unspecified atom stereocenters. The Bertz CT molecular complexity index is 1190. The molecule has 27 heavy (non-hydrogen) atoms. The number of fused-ring (bicyclic) bond motifs is 1. The minimum Gasteiger partial charge on any atom is -0.361 e. The molecule has 0 aliphatic heterocycles. The summed E-state index contributed by atoms with van der Waals surface area (Å²) in [4.78, 5) is 12.8. The topological polar surface area (TPSA) is 77.4 Å². The summed E-state index contributed by atoms with van der Waals surface area (Å²) in [7, 11) is 0. The van der Waals surface area contributed by atoms with Gasteiger partial charge in [0.05, 0.1) is 22.5 Å². The Morgan fingerprint density at radius 1 is 1.19 bits per heavy atom. The minimum atomic E-state index is 0.506. The first-order valence-corrected chi connectivity index (χ1v) is 9.35. The predicted octanol–water partition coefficient (Wildman–Crippen LogP) is 5.42. The van der Waals surface area contributed by atoms with Crippen molar-refractivity contribution < 1.29 is 0 Å². The van der Waals surface area contributed by atoms with E-state index in [1.807, 2.05) is 42.9 Å². The molecular weight excluding hydrogens is 354 g/mol. The van der Waals surface area contributed by atoms with Gasteiger partial charge in [-0.3, -0.25) is 4.98 Å². The van der Waals surface area contributed by atoms with Gasteiger partial charge in [0.25, 0.3) is 0 Å². The van der Waals surface area contributed by atoms with Crippen molar-refractivity contribution in [1.29, 1.82) is 5.26 Å². The molecule has 0 amide bonds. The first-order chi connectivity index (χ1) is 13.2. The fourth-order valence-electron chi connectivity index (χ4n) is 3.02. The number of H-pyrrole nitrogens is 1. The number of anilines is 2. The summed E-state index contributed by atoms with van der Waals surface area (Å²) >= 11 is 1.59. The van der Waals surface area contributed by atoms with Crippen LogP contribution in [0.25, 0.3) is 23.1 Å². The third kappa shape index (κ3) is 3.21. The summed E-state index contributed by atoms with van der Waals surface area (Å²) in [5.74, 6) is 0. The van der Waals surface area contributed by atoms with Crippen LogP contribution < -0.4 is 5.32 Å². The van der Waals surface area contributed by atoms with Gasteiger partial charge in [-0.05, 0) is 49.8 Å². The normalized spacial score (nSPS) is 11.1. The number of nitrogens with one attached hydrogen (secondary N) is 2. The summed E-state index contributed by atoms with van der Waals surface area (Å²) in [6, 6.07) is 8.35. The van der Waals surface area contributed by atoms with Crippen LogP contribution in [0, 0.1) is 25.2 Å². The van der Waals surface area contributed by atoms with Crippen LogP contribution in [-0.2, 0) is 0 Å². The van der Waals surface area contributed by atoms with Crippen molar-refractivity contribution in [2.75, 3.05) is 5.32 Å². The smallest absolute Gasteiger partial charge is 0.103 e. The Hall–Kier alpha value is -3.43. The molecule has 0 spiro atoms. The Kier molecular flexibility index (Phi) is 4.45. The molecule has 0 atom stereocenters. The fraction of sp³-hybridized carbons (Fsp3) is 0.0952. The predicted molar refractivity (Wildman–Crippen MR) is 111 cm³/mol. The number of pyridine rings is 1. The highest BCUT2D eigenvalue weighted by Crippen LogP contribution is 2.31. The summed E-state index contributed by atoms with van der Waals surface area (Å²) in [6.45, 7) is 4.05. The second kappa shape index (κ2) is 7.06. The van der Waals surface area contributed by atoms with E-state index in [-0.39, 0.29) is 0 Å². The van der Waals surface area contributed by atoms with Crippen LogP contribution in [0.5, 0.6) is 0 Å². The monoisotopic (exact) mass is 371 g/mol. The van der Waals surface area contributed by atoms with Crippen LogP contribution in [0.4, 0.5) is 11.4 Å². The molecule has 0 bridgehead atoms. The van der Waals surface area contributed by atoms with Gasteiger partial charge < -0.3 is 10.3 Å². The number of hydrogen-bond acceptors (Lipinski definition) is 5. The number of rotatable bonds is 4. The number of nitriles is 1. The van der Waals surface area contributed by atoms with Gasteiger partial charge in [-0.1, -0.05) is 0 Å². The average molecular weight is 371 g/mol. The Labute approximate surface area is 161 Å². The number of nitrogens with zero attached hydrogens (tertiary/aromatic N) is 3. The first kappa shape index (κ1) is 17.0. The Morgan fingerprint density at radius 3 is 2.85 bits per heavy atom. The van der Waals surface area contributed by atoms with Gasteiger partial charge in [0.1, 0.15) is 6.07 Å². The molecule has 5 nitrogen and oxygen atoms in total. The van der Waals surface area contributed by atoms with Crippen molar-refractivity contribution in [3.05, 3.63) is 69.6 Å². The highest BCUT2D eigenvalue weighted by atomic mass is 32.1. The number of aromatic nitrogens is 3. The van der Waals surface area contributed by atoms with Crippen molar-refractivity contribution in [2.24, 2.45) is 0 Å². The van der Waals surface area contributed by atoms with E-state index in [1.165, 1.54) is 0 Å². The largest absolute Gasteiger partial charge is 0.361 e. The molecule has 1 aromatic carbocycles. The lowest BCUT2D eigenvalue weighted by molar-refractivity contribution is 1.26. The average Bonchev–Trinajstić information content (AvgIpc) is 3.32. The molecule has 0 radical (unpaired) electrons. The lowest BCUT2D eigenvalue weighted by Gasteiger charge is -2.14. The van der Waals surface area contributed by atoms with Crippen molar-refractivity contribution in [2.45, 2.75) is 13.8 Å². The molecule has 4 rings (SSSR count). The van der Waals surface area contributed by atoms with Crippen LogP contribution in [0.1, 0.15) is 27.3 Å². The maximum Gasteiger partial charge on any atom is 0.103 e. The van der Waals surface area contributed by atoms with Gasteiger partial charge in [-0.25, -0.2) is 4.98 Å². The summed E-state index contributed by atoms with van der Waals surface area (Å²) in [5, 5.41) is 14.2. The fourth-order valence-corrected chi connectivity index (χ4v) is 3.71. The van der Waals surface area contributed by atoms with E-state index in [4.69, 9.17) is 0 Å². The van der Waals surface area contributed by atoms with E-state index in [0.29, 0.717) is 5.56 Å². The second-order valence-electron chi connectivity index (χ2n) is 6.20. The lowest BCUT2D eigenvalue weighted by atomic mass is 10.1. The molecule has 4 aromatic rings. The number of aryl methyl sites for hydroxylation is 2. The SMILES string of the molecule is Cc1ncsc1/C=C/c1cncc(C#N)c1Nc1ccc2[nH]ccc2c1C. The molecule has 0 saturated carbocycles. The molecule has 0 aliphatic rings. The standard InChI is InChI=1S/C21H17N5S/c1-13-17-7-8-24-19(17)5-4-18(13)26-21-15(10-23-11-16(21)9-22)3-6-20-14(2)25-12-27-20/h3-8,10-12,24H,1-2H3,(H,23,26)/b6-3+. The zero-order chi connectivity index (χ0) is 18.8. The third-order valence-electron chi connectivity index (χ3n) is 4.56. The molecule has 3 aromatic heterocycles.